The molecule has 1 aliphatic heterocycles. The van der Waals surface area contributed by atoms with Crippen molar-refractivity contribution in [2.45, 2.75) is 18.9 Å². The van der Waals surface area contributed by atoms with E-state index in [1.54, 1.807) is 12.1 Å². The Kier molecular flexibility index (Phi) is 4.02. The summed E-state index contributed by atoms with van der Waals surface area (Å²) in [5.41, 5.74) is 0.603. The summed E-state index contributed by atoms with van der Waals surface area (Å²) in [5.74, 6) is 0.0375. The Morgan fingerprint density at radius 2 is 2.24 bits per heavy atom. The maximum Gasteiger partial charge on any atom is 0.255 e. The predicted molar refractivity (Wildman–Crippen MR) is 69.4 cm³/mol. The molecule has 1 N–H and O–H groups in total. The lowest BCUT2D eigenvalue weighted by atomic mass is 10.0. The van der Waals surface area contributed by atoms with E-state index in [1.165, 1.54) is 0 Å². The van der Waals surface area contributed by atoms with Crippen LogP contribution in [0, 0.1) is 0 Å². The number of likely N-dealkylation sites (tertiary alicyclic amines) is 1. The van der Waals surface area contributed by atoms with Gasteiger partial charge < -0.3 is 10.2 Å². The number of rotatable bonds is 2. The van der Waals surface area contributed by atoms with Crippen LogP contribution in [-0.4, -0.2) is 37.0 Å². The molecule has 1 heterocycles. The van der Waals surface area contributed by atoms with Crippen molar-refractivity contribution in [2.75, 3.05) is 20.1 Å². The third-order valence-corrected chi connectivity index (χ3v) is 3.55. The number of nitrogens with one attached hydrogen (secondary N) is 1. The van der Waals surface area contributed by atoms with E-state index in [4.69, 9.17) is 11.6 Å². The molecule has 3 nitrogen and oxygen atoms in total. The first-order valence-electron chi connectivity index (χ1n) is 5.93. The minimum atomic E-state index is 0.0375. The van der Waals surface area contributed by atoms with Gasteiger partial charge in [0.2, 0.25) is 0 Å². The van der Waals surface area contributed by atoms with Crippen LogP contribution in [0.4, 0.5) is 0 Å². The standard InChI is InChI=1S/C13H17ClN2O/c1-15-10-5-4-8-16(9-10)13(17)11-6-2-3-7-12(11)14/h2-3,6-7,10,15H,4-5,8-9H2,1H3/t10-/m1/s1. The van der Waals surface area contributed by atoms with E-state index < -0.39 is 0 Å². The van der Waals surface area contributed by atoms with Gasteiger partial charge in [-0.1, -0.05) is 23.7 Å². The molecule has 1 fully saturated rings. The fourth-order valence-electron chi connectivity index (χ4n) is 2.20. The summed E-state index contributed by atoms with van der Waals surface area (Å²) in [4.78, 5) is 14.2. The highest BCUT2D eigenvalue weighted by Gasteiger charge is 2.24. The number of hydrogen-bond donors (Lipinski definition) is 1. The molecule has 0 aliphatic carbocycles. The Balaban J connectivity index is 2.12. The summed E-state index contributed by atoms with van der Waals surface area (Å²) in [7, 11) is 1.94. The Bertz CT molecular complexity index is 408. The third-order valence-electron chi connectivity index (χ3n) is 3.22. The monoisotopic (exact) mass is 252 g/mol. The van der Waals surface area contributed by atoms with E-state index >= 15 is 0 Å². The minimum Gasteiger partial charge on any atom is -0.337 e. The molecular weight excluding hydrogens is 236 g/mol. The molecule has 0 bridgehead atoms. The lowest BCUT2D eigenvalue weighted by Crippen LogP contribution is -2.47. The number of halogens is 1. The van der Waals surface area contributed by atoms with Gasteiger partial charge in [-0.2, -0.15) is 0 Å². The summed E-state index contributed by atoms with van der Waals surface area (Å²) in [5, 5.41) is 3.76. The van der Waals surface area contributed by atoms with Gasteiger partial charge in [-0.15, -0.1) is 0 Å². The van der Waals surface area contributed by atoms with Gasteiger partial charge in [-0.25, -0.2) is 0 Å². The molecule has 1 aromatic rings. The average molecular weight is 253 g/mol. The van der Waals surface area contributed by atoms with Crippen LogP contribution in [0.2, 0.25) is 5.02 Å². The van der Waals surface area contributed by atoms with E-state index in [-0.39, 0.29) is 5.91 Å². The van der Waals surface area contributed by atoms with Crippen molar-refractivity contribution in [1.29, 1.82) is 0 Å². The smallest absolute Gasteiger partial charge is 0.255 e. The number of nitrogens with zero attached hydrogens (tertiary/aromatic N) is 1. The Morgan fingerprint density at radius 3 is 2.94 bits per heavy atom. The average Bonchev–Trinajstić information content (AvgIpc) is 2.38. The second-order valence-electron chi connectivity index (χ2n) is 4.36. The van der Waals surface area contributed by atoms with Gasteiger partial charge >= 0.3 is 0 Å². The lowest BCUT2D eigenvalue weighted by molar-refractivity contribution is 0.0698. The second-order valence-corrected chi connectivity index (χ2v) is 4.77. The van der Waals surface area contributed by atoms with Crippen molar-refractivity contribution >= 4 is 17.5 Å². The van der Waals surface area contributed by atoms with Gasteiger partial charge in [-0.05, 0) is 32.0 Å². The van der Waals surface area contributed by atoms with Crippen LogP contribution in [0.1, 0.15) is 23.2 Å². The van der Waals surface area contributed by atoms with E-state index in [0.717, 1.165) is 25.9 Å². The highest BCUT2D eigenvalue weighted by Crippen LogP contribution is 2.19. The van der Waals surface area contributed by atoms with Gasteiger partial charge in [0, 0.05) is 19.1 Å². The number of carbonyl (C=O) groups is 1. The molecule has 0 radical (unpaired) electrons. The first kappa shape index (κ1) is 12.4. The number of likely N-dealkylation sites (N-methyl/N-ethyl adjacent to an activating group) is 1. The molecule has 2 rings (SSSR count). The summed E-state index contributed by atoms with van der Waals surface area (Å²) in [6.07, 6.45) is 2.17. The highest BCUT2D eigenvalue weighted by molar-refractivity contribution is 6.33. The summed E-state index contributed by atoms with van der Waals surface area (Å²) < 4.78 is 0. The van der Waals surface area contributed by atoms with Gasteiger partial charge in [0.05, 0.1) is 10.6 Å². The number of hydrogen-bond acceptors (Lipinski definition) is 2. The van der Waals surface area contributed by atoms with Crippen molar-refractivity contribution in [3.63, 3.8) is 0 Å². The topological polar surface area (TPSA) is 32.3 Å². The summed E-state index contributed by atoms with van der Waals surface area (Å²) >= 11 is 6.05. The van der Waals surface area contributed by atoms with Crippen LogP contribution in [0.15, 0.2) is 24.3 Å². The number of benzene rings is 1. The maximum atomic E-state index is 12.3. The van der Waals surface area contributed by atoms with Crippen molar-refractivity contribution in [3.8, 4) is 0 Å². The molecular formula is C13H17ClN2O. The Labute approximate surface area is 107 Å². The van der Waals surface area contributed by atoms with Crippen LogP contribution in [0.5, 0.6) is 0 Å². The molecule has 17 heavy (non-hydrogen) atoms. The number of amides is 1. The Hall–Kier alpha value is -1.06. The van der Waals surface area contributed by atoms with Crippen LogP contribution in [0.25, 0.3) is 0 Å². The van der Waals surface area contributed by atoms with Crippen molar-refractivity contribution < 1.29 is 4.79 Å². The number of carbonyl (C=O) groups excluding carboxylic acids is 1. The molecule has 92 valence electrons. The predicted octanol–water partition coefficient (Wildman–Crippen LogP) is 2.16. The van der Waals surface area contributed by atoms with Gasteiger partial charge in [-0.3, -0.25) is 4.79 Å². The normalized spacial score (nSPS) is 20.4. The summed E-state index contributed by atoms with van der Waals surface area (Å²) in [6, 6.07) is 7.63. The van der Waals surface area contributed by atoms with Crippen LogP contribution >= 0.6 is 11.6 Å². The largest absolute Gasteiger partial charge is 0.337 e. The Morgan fingerprint density at radius 1 is 1.47 bits per heavy atom. The van der Waals surface area contributed by atoms with E-state index in [9.17, 15) is 4.79 Å². The fraction of sp³-hybridized carbons (Fsp3) is 0.462. The van der Waals surface area contributed by atoms with Crippen LogP contribution in [0.3, 0.4) is 0 Å². The van der Waals surface area contributed by atoms with Crippen LogP contribution < -0.4 is 5.32 Å². The van der Waals surface area contributed by atoms with Gasteiger partial charge in [0.25, 0.3) is 5.91 Å². The third kappa shape index (κ3) is 2.79. The SMILES string of the molecule is CN[C@@H]1CCCN(C(=O)c2ccccc2Cl)C1. The molecule has 0 spiro atoms. The molecule has 0 saturated carbocycles. The van der Waals surface area contributed by atoms with Crippen molar-refractivity contribution in [3.05, 3.63) is 34.9 Å². The lowest BCUT2D eigenvalue weighted by Gasteiger charge is -2.32. The van der Waals surface area contributed by atoms with E-state index in [1.807, 2.05) is 24.1 Å². The zero-order chi connectivity index (χ0) is 12.3. The first-order chi connectivity index (χ1) is 8.22. The quantitative estimate of drug-likeness (QED) is 0.875. The first-order valence-corrected chi connectivity index (χ1v) is 6.31. The molecule has 1 saturated heterocycles. The van der Waals surface area contributed by atoms with Crippen molar-refractivity contribution in [2.24, 2.45) is 0 Å². The van der Waals surface area contributed by atoms with Crippen molar-refractivity contribution in [1.82, 2.24) is 10.2 Å². The molecule has 4 heteroatoms. The number of piperidine rings is 1. The maximum absolute atomic E-state index is 12.3. The van der Waals surface area contributed by atoms with Gasteiger partial charge in [0.15, 0.2) is 0 Å². The minimum absolute atomic E-state index is 0.0375. The van der Waals surface area contributed by atoms with E-state index in [0.29, 0.717) is 16.6 Å². The molecule has 0 aromatic heterocycles. The molecule has 0 unspecified atom stereocenters. The summed E-state index contributed by atoms with van der Waals surface area (Å²) in [6.45, 7) is 1.59. The highest BCUT2D eigenvalue weighted by atomic mass is 35.5. The molecule has 1 amide bonds. The van der Waals surface area contributed by atoms with E-state index in [2.05, 4.69) is 5.32 Å². The van der Waals surface area contributed by atoms with Crippen LogP contribution in [-0.2, 0) is 0 Å². The molecule has 1 aromatic carbocycles. The zero-order valence-corrected chi connectivity index (χ0v) is 10.7. The molecule has 1 atom stereocenters. The zero-order valence-electron chi connectivity index (χ0n) is 9.95. The fourth-order valence-corrected chi connectivity index (χ4v) is 2.42. The van der Waals surface area contributed by atoms with Gasteiger partial charge in [0.1, 0.15) is 0 Å². The second kappa shape index (κ2) is 5.52. The molecule has 1 aliphatic rings.